The monoisotopic (exact) mass is 326 g/mol. The van der Waals surface area contributed by atoms with Crippen molar-refractivity contribution in [3.63, 3.8) is 0 Å². The van der Waals surface area contributed by atoms with Crippen LogP contribution in [0.3, 0.4) is 0 Å². The third-order valence-corrected chi connectivity index (χ3v) is 3.99. The molecule has 126 valence electrons. The summed E-state index contributed by atoms with van der Waals surface area (Å²) in [6.45, 7) is 3.52. The van der Waals surface area contributed by atoms with Crippen LogP contribution >= 0.6 is 0 Å². The first-order chi connectivity index (χ1) is 11.8. The van der Waals surface area contributed by atoms with Crippen LogP contribution in [0.4, 0.5) is 10.5 Å². The smallest absolute Gasteiger partial charge is 0.319 e. The number of hydrogen-bond acceptors (Lipinski definition) is 3. The van der Waals surface area contributed by atoms with Gasteiger partial charge in [0.1, 0.15) is 6.10 Å². The molecule has 1 fully saturated rings. The highest BCUT2D eigenvalue weighted by Crippen LogP contribution is 2.27. The minimum Gasteiger partial charge on any atom is -0.376 e. The van der Waals surface area contributed by atoms with Gasteiger partial charge in [-0.25, -0.2) is 4.79 Å². The zero-order valence-electron chi connectivity index (χ0n) is 13.7. The third kappa shape index (κ3) is 3.93. The summed E-state index contributed by atoms with van der Waals surface area (Å²) in [4.78, 5) is 12.4. The van der Waals surface area contributed by atoms with Crippen LogP contribution in [0.5, 0.6) is 0 Å². The molecule has 2 atom stereocenters. The van der Waals surface area contributed by atoms with Crippen molar-refractivity contribution >= 4 is 11.7 Å². The van der Waals surface area contributed by atoms with Gasteiger partial charge in [-0.2, -0.15) is 0 Å². The van der Waals surface area contributed by atoms with E-state index in [0.29, 0.717) is 19.8 Å². The summed E-state index contributed by atoms with van der Waals surface area (Å²) in [7, 11) is 0. The van der Waals surface area contributed by atoms with Gasteiger partial charge in [0.25, 0.3) is 0 Å². The first-order valence-electron chi connectivity index (χ1n) is 8.19. The molecule has 0 aromatic heterocycles. The number of ether oxygens (including phenoxy) is 2. The number of rotatable bonds is 5. The zero-order chi connectivity index (χ0) is 16.8. The van der Waals surface area contributed by atoms with Crippen molar-refractivity contribution in [1.82, 2.24) is 5.32 Å². The van der Waals surface area contributed by atoms with Crippen LogP contribution in [0.15, 0.2) is 54.6 Å². The predicted octanol–water partition coefficient (Wildman–Crippen LogP) is 3.28. The summed E-state index contributed by atoms with van der Waals surface area (Å²) in [5, 5.41) is 5.88. The molecule has 0 bridgehead atoms. The number of urea groups is 1. The topological polar surface area (TPSA) is 59.6 Å². The first-order valence-corrected chi connectivity index (χ1v) is 8.19. The molecule has 1 aliphatic rings. The van der Waals surface area contributed by atoms with E-state index in [1.807, 2.05) is 61.5 Å². The van der Waals surface area contributed by atoms with Gasteiger partial charge in [0.15, 0.2) is 0 Å². The lowest BCUT2D eigenvalue weighted by atomic mass is 10.0. The highest BCUT2D eigenvalue weighted by Gasteiger charge is 2.30. The largest absolute Gasteiger partial charge is 0.376 e. The summed E-state index contributed by atoms with van der Waals surface area (Å²) in [6, 6.07) is 17.4. The summed E-state index contributed by atoms with van der Waals surface area (Å²) in [6.07, 6.45) is -0.0925. The van der Waals surface area contributed by atoms with Gasteiger partial charge in [-0.3, -0.25) is 0 Å². The number of nitrogens with one attached hydrogen (secondary N) is 2. The predicted molar refractivity (Wildman–Crippen MR) is 94.1 cm³/mol. The lowest BCUT2D eigenvalue weighted by Gasteiger charge is -2.20. The van der Waals surface area contributed by atoms with Gasteiger partial charge < -0.3 is 20.1 Å². The number of amides is 2. The Labute approximate surface area is 142 Å². The molecule has 0 spiro atoms. The van der Waals surface area contributed by atoms with Crippen molar-refractivity contribution in [1.29, 1.82) is 0 Å². The molecule has 0 unspecified atom stereocenters. The molecular weight excluding hydrogens is 304 g/mol. The lowest BCUT2D eigenvalue weighted by molar-refractivity contribution is 0.0428. The minimum atomic E-state index is -0.251. The Hall–Kier alpha value is -2.37. The fraction of sp³-hybridized carbons (Fsp3) is 0.316. The van der Waals surface area contributed by atoms with Crippen molar-refractivity contribution in [2.45, 2.75) is 19.1 Å². The van der Waals surface area contributed by atoms with Gasteiger partial charge in [-0.05, 0) is 18.6 Å². The van der Waals surface area contributed by atoms with Gasteiger partial charge in [0.05, 0.1) is 24.9 Å². The van der Waals surface area contributed by atoms with E-state index < -0.39 is 0 Å². The second-order valence-electron chi connectivity index (χ2n) is 5.65. The quantitative estimate of drug-likeness (QED) is 0.886. The van der Waals surface area contributed by atoms with Crippen molar-refractivity contribution in [2.75, 3.05) is 25.1 Å². The molecule has 1 aliphatic heterocycles. The van der Waals surface area contributed by atoms with E-state index >= 15 is 0 Å². The normalized spacial score (nSPS) is 19.9. The molecule has 2 N–H and O–H groups in total. The van der Waals surface area contributed by atoms with E-state index in [2.05, 4.69) is 10.6 Å². The Bertz CT molecular complexity index is 675. The number of para-hydroxylation sites is 1. The van der Waals surface area contributed by atoms with E-state index in [1.54, 1.807) is 0 Å². The average molecular weight is 326 g/mol. The van der Waals surface area contributed by atoms with Crippen LogP contribution in [-0.4, -0.2) is 38.0 Å². The van der Waals surface area contributed by atoms with Crippen LogP contribution in [0.2, 0.25) is 0 Å². The number of benzene rings is 2. The Morgan fingerprint density at radius 1 is 1.12 bits per heavy atom. The summed E-state index contributed by atoms with van der Waals surface area (Å²) < 4.78 is 11.0. The summed E-state index contributed by atoms with van der Waals surface area (Å²) >= 11 is 0. The van der Waals surface area contributed by atoms with Crippen LogP contribution in [0, 0.1) is 0 Å². The number of anilines is 1. The zero-order valence-corrected chi connectivity index (χ0v) is 13.7. The molecule has 24 heavy (non-hydrogen) atoms. The SMILES string of the molecule is CCO[C@@H]1COC[C@H]1NC(=O)Nc1ccccc1-c1ccccc1. The Kier molecular flexibility index (Phi) is 5.46. The molecule has 2 amide bonds. The fourth-order valence-electron chi connectivity index (χ4n) is 2.84. The molecular formula is C19H22N2O3. The van der Waals surface area contributed by atoms with Crippen LogP contribution < -0.4 is 10.6 Å². The van der Waals surface area contributed by atoms with Crippen LogP contribution in [0.1, 0.15) is 6.92 Å². The van der Waals surface area contributed by atoms with Crippen molar-refractivity contribution < 1.29 is 14.3 Å². The fourth-order valence-corrected chi connectivity index (χ4v) is 2.84. The standard InChI is InChI=1S/C19H22N2O3/c1-2-24-18-13-23-12-17(18)21-19(22)20-16-11-7-6-10-15(16)14-8-4-3-5-9-14/h3-11,17-18H,2,12-13H2,1H3,(H2,20,21,22)/t17-,18-/m1/s1. The van der Waals surface area contributed by atoms with E-state index in [1.165, 1.54) is 0 Å². The molecule has 2 aromatic carbocycles. The summed E-state index contributed by atoms with van der Waals surface area (Å²) in [5.74, 6) is 0. The van der Waals surface area contributed by atoms with E-state index in [9.17, 15) is 4.79 Å². The maximum atomic E-state index is 12.4. The number of hydrogen-bond donors (Lipinski definition) is 2. The van der Waals surface area contributed by atoms with E-state index in [4.69, 9.17) is 9.47 Å². The van der Waals surface area contributed by atoms with Crippen LogP contribution in [0.25, 0.3) is 11.1 Å². The van der Waals surface area contributed by atoms with E-state index in [-0.39, 0.29) is 18.2 Å². The van der Waals surface area contributed by atoms with Crippen LogP contribution in [-0.2, 0) is 9.47 Å². The van der Waals surface area contributed by atoms with Crippen molar-refractivity contribution in [3.05, 3.63) is 54.6 Å². The molecule has 0 radical (unpaired) electrons. The third-order valence-electron chi connectivity index (χ3n) is 3.99. The minimum absolute atomic E-state index is 0.0925. The molecule has 0 aliphatic carbocycles. The number of carbonyl (C=O) groups excluding carboxylic acids is 1. The van der Waals surface area contributed by atoms with Gasteiger partial charge in [0.2, 0.25) is 0 Å². The Balaban J connectivity index is 1.69. The summed E-state index contributed by atoms with van der Waals surface area (Å²) in [5.41, 5.74) is 2.81. The molecule has 0 saturated carbocycles. The molecule has 5 heteroatoms. The lowest BCUT2D eigenvalue weighted by Crippen LogP contribution is -2.45. The first kappa shape index (κ1) is 16.5. The second-order valence-corrected chi connectivity index (χ2v) is 5.65. The second kappa shape index (κ2) is 7.95. The molecule has 3 rings (SSSR count). The maximum Gasteiger partial charge on any atom is 0.319 e. The maximum absolute atomic E-state index is 12.4. The van der Waals surface area contributed by atoms with Gasteiger partial charge in [-0.1, -0.05) is 48.5 Å². The highest BCUT2D eigenvalue weighted by atomic mass is 16.5. The van der Waals surface area contributed by atoms with Crippen molar-refractivity contribution in [3.8, 4) is 11.1 Å². The molecule has 2 aromatic rings. The number of carbonyl (C=O) groups is 1. The molecule has 5 nitrogen and oxygen atoms in total. The average Bonchev–Trinajstić information content (AvgIpc) is 3.03. The molecule has 1 heterocycles. The van der Waals surface area contributed by atoms with E-state index in [0.717, 1.165) is 16.8 Å². The van der Waals surface area contributed by atoms with Gasteiger partial charge in [0, 0.05) is 12.2 Å². The Morgan fingerprint density at radius 2 is 1.88 bits per heavy atom. The van der Waals surface area contributed by atoms with Crippen molar-refractivity contribution in [2.24, 2.45) is 0 Å². The molecule has 1 saturated heterocycles. The van der Waals surface area contributed by atoms with Gasteiger partial charge in [-0.15, -0.1) is 0 Å². The van der Waals surface area contributed by atoms with Gasteiger partial charge >= 0.3 is 6.03 Å². The Morgan fingerprint density at radius 3 is 2.67 bits per heavy atom. The highest BCUT2D eigenvalue weighted by molar-refractivity contribution is 5.94.